The number of aliphatic hydroxyl groups is 1. The van der Waals surface area contributed by atoms with Crippen molar-refractivity contribution in [1.82, 2.24) is 24.4 Å². The third-order valence-electron chi connectivity index (χ3n) is 6.71. The molecule has 6 nitrogen and oxygen atoms in total. The largest absolute Gasteiger partial charge is 0.385 e. The summed E-state index contributed by atoms with van der Waals surface area (Å²) < 4.78 is 29.2. The van der Waals surface area contributed by atoms with Gasteiger partial charge in [-0.3, -0.25) is 4.90 Å². The average molecular weight is 403 g/mol. The van der Waals surface area contributed by atoms with Crippen molar-refractivity contribution >= 4 is 22.1 Å². The third kappa shape index (κ3) is 3.32. The summed E-state index contributed by atoms with van der Waals surface area (Å²) in [5.41, 5.74) is 2.64. The monoisotopic (exact) mass is 403 g/mol. The molecule has 1 saturated carbocycles. The molecular weight excluding hydrogens is 376 g/mol. The van der Waals surface area contributed by atoms with Crippen molar-refractivity contribution in [2.24, 2.45) is 0 Å². The summed E-state index contributed by atoms with van der Waals surface area (Å²) in [5.74, 6) is -1.82. The maximum Gasteiger partial charge on any atom is 0.250 e. The summed E-state index contributed by atoms with van der Waals surface area (Å²) in [6.07, 6.45) is 6.79. The number of nitrogens with zero attached hydrogens (tertiary/aromatic N) is 4. The van der Waals surface area contributed by atoms with Crippen molar-refractivity contribution < 1.29 is 13.9 Å². The van der Waals surface area contributed by atoms with Crippen LogP contribution in [-0.4, -0.2) is 54.6 Å². The molecule has 2 N–H and O–H groups in total. The lowest BCUT2D eigenvalue weighted by molar-refractivity contribution is -0.0664. The summed E-state index contributed by atoms with van der Waals surface area (Å²) in [6.45, 7) is 2.73. The number of piperidine rings is 1. The molecule has 8 heteroatoms. The number of hydrogen-bond acceptors (Lipinski definition) is 4. The quantitative estimate of drug-likeness (QED) is 0.688. The van der Waals surface area contributed by atoms with Gasteiger partial charge < -0.3 is 14.7 Å². The number of aliphatic hydroxyl groups excluding tert-OH is 1. The predicted octanol–water partition coefficient (Wildman–Crippen LogP) is 4.18. The van der Waals surface area contributed by atoms with Gasteiger partial charge in [0.25, 0.3) is 5.92 Å². The second-order valence-electron chi connectivity index (χ2n) is 8.60. The molecule has 0 radical (unpaired) electrons. The van der Waals surface area contributed by atoms with E-state index in [9.17, 15) is 13.9 Å². The highest BCUT2D eigenvalue weighted by molar-refractivity contribution is 6.01. The van der Waals surface area contributed by atoms with Crippen LogP contribution < -0.4 is 0 Å². The second-order valence-corrected chi connectivity index (χ2v) is 8.60. The maximum atomic E-state index is 13.5. The molecule has 0 amide bonds. The lowest BCUT2D eigenvalue weighted by Gasteiger charge is -2.41. The Balaban J connectivity index is 1.42. The van der Waals surface area contributed by atoms with Gasteiger partial charge in [-0.15, -0.1) is 0 Å². The fourth-order valence-electron chi connectivity index (χ4n) is 5.17. The standard InChI is InChI=1S/C21H27F2N5O/c1-13(29)20-26-17-12-25-19-16(6-9-24-19)18(17)28(20)15-4-2-14(3-5-15)27-10-7-21(22,23)8-11-27/h6,9,12-15,29H,2-5,7-8,10-11H2,1H3,(H,24,25)/t13-,14-,15+/m1/s1. The molecule has 1 aliphatic carbocycles. The number of imidazole rings is 1. The van der Waals surface area contributed by atoms with E-state index >= 15 is 0 Å². The number of pyridine rings is 1. The van der Waals surface area contributed by atoms with Gasteiger partial charge in [-0.05, 0) is 38.7 Å². The number of aromatic nitrogens is 4. The van der Waals surface area contributed by atoms with Crippen molar-refractivity contribution in [3.63, 3.8) is 0 Å². The average Bonchev–Trinajstić information content (AvgIpc) is 3.32. The Bertz CT molecular complexity index is 1010. The van der Waals surface area contributed by atoms with Gasteiger partial charge in [0, 0.05) is 49.6 Å². The minimum Gasteiger partial charge on any atom is -0.385 e. The van der Waals surface area contributed by atoms with Crippen LogP contribution in [0.4, 0.5) is 8.78 Å². The Hall–Kier alpha value is -2.06. The lowest BCUT2D eigenvalue weighted by Crippen LogP contribution is -2.46. The highest BCUT2D eigenvalue weighted by Gasteiger charge is 2.37. The molecule has 1 aliphatic heterocycles. The molecule has 4 heterocycles. The summed E-state index contributed by atoms with van der Waals surface area (Å²) in [5, 5.41) is 11.4. The molecule has 5 rings (SSSR count). The van der Waals surface area contributed by atoms with Gasteiger partial charge in [0.05, 0.1) is 11.7 Å². The van der Waals surface area contributed by atoms with Crippen molar-refractivity contribution in [1.29, 1.82) is 0 Å². The van der Waals surface area contributed by atoms with E-state index in [2.05, 4.69) is 24.4 Å². The highest BCUT2D eigenvalue weighted by atomic mass is 19.3. The zero-order valence-corrected chi connectivity index (χ0v) is 16.6. The lowest BCUT2D eigenvalue weighted by atomic mass is 9.88. The Morgan fingerprint density at radius 1 is 1.17 bits per heavy atom. The van der Waals surface area contributed by atoms with E-state index in [1.807, 2.05) is 12.3 Å². The number of nitrogens with one attached hydrogen (secondary N) is 1. The molecule has 156 valence electrons. The van der Waals surface area contributed by atoms with Crippen LogP contribution in [0, 0.1) is 0 Å². The summed E-state index contributed by atoms with van der Waals surface area (Å²) in [7, 11) is 0. The van der Waals surface area contributed by atoms with Crippen LogP contribution >= 0.6 is 0 Å². The summed E-state index contributed by atoms with van der Waals surface area (Å²) >= 11 is 0. The fraction of sp³-hybridized carbons (Fsp3) is 0.619. The summed E-state index contributed by atoms with van der Waals surface area (Å²) in [4.78, 5) is 14.5. The first-order valence-corrected chi connectivity index (χ1v) is 10.6. The van der Waals surface area contributed by atoms with Crippen LogP contribution in [0.25, 0.3) is 22.1 Å². The number of fused-ring (bicyclic) bond motifs is 3. The first kappa shape index (κ1) is 18.9. The van der Waals surface area contributed by atoms with E-state index in [0.717, 1.165) is 47.8 Å². The number of likely N-dealkylation sites (tertiary alicyclic amines) is 1. The van der Waals surface area contributed by atoms with Gasteiger partial charge in [-0.25, -0.2) is 18.7 Å². The third-order valence-corrected chi connectivity index (χ3v) is 6.71. The number of rotatable bonds is 3. The molecule has 1 saturated heterocycles. The molecule has 0 unspecified atom stereocenters. The van der Waals surface area contributed by atoms with E-state index in [-0.39, 0.29) is 18.9 Å². The summed E-state index contributed by atoms with van der Waals surface area (Å²) in [6, 6.07) is 2.63. The first-order valence-electron chi connectivity index (χ1n) is 10.6. The van der Waals surface area contributed by atoms with Crippen molar-refractivity contribution in [2.45, 2.75) is 69.6 Å². The normalized spacial score (nSPS) is 26.9. The molecule has 2 fully saturated rings. The number of H-pyrrole nitrogens is 1. The molecule has 0 bridgehead atoms. The van der Waals surface area contributed by atoms with Crippen LogP contribution in [-0.2, 0) is 0 Å². The Labute approximate surface area is 167 Å². The Kier molecular flexibility index (Phi) is 4.58. The molecule has 0 aromatic carbocycles. The first-order chi connectivity index (χ1) is 13.9. The molecule has 0 spiro atoms. The number of aromatic amines is 1. The van der Waals surface area contributed by atoms with Crippen LogP contribution in [0.2, 0.25) is 0 Å². The number of halogens is 2. The van der Waals surface area contributed by atoms with E-state index in [4.69, 9.17) is 0 Å². The van der Waals surface area contributed by atoms with Crippen LogP contribution in [0.3, 0.4) is 0 Å². The molecular formula is C21H27F2N5O. The van der Waals surface area contributed by atoms with Gasteiger partial charge in [0.1, 0.15) is 23.1 Å². The fourth-order valence-corrected chi connectivity index (χ4v) is 5.17. The van der Waals surface area contributed by atoms with Crippen LogP contribution in [0.1, 0.15) is 63.4 Å². The second kappa shape index (κ2) is 7.02. The minimum atomic E-state index is -2.49. The van der Waals surface area contributed by atoms with Gasteiger partial charge >= 0.3 is 0 Å². The minimum absolute atomic E-state index is 0.0241. The highest BCUT2D eigenvalue weighted by Crippen LogP contribution is 2.39. The molecule has 2 aliphatic rings. The SMILES string of the molecule is C[C@@H](O)c1nc2cnc3[nH]ccc3c2n1[C@H]1CC[C@@H](N2CCC(F)(F)CC2)CC1. The number of hydrogen-bond donors (Lipinski definition) is 2. The topological polar surface area (TPSA) is 70.0 Å². The molecule has 29 heavy (non-hydrogen) atoms. The number of alkyl halides is 2. The van der Waals surface area contributed by atoms with Gasteiger partial charge in [-0.2, -0.15) is 0 Å². The van der Waals surface area contributed by atoms with Gasteiger partial charge in [0.2, 0.25) is 0 Å². The Morgan fingerprint density at radius 2 is 1.86 bits per heavy atom. The zero-order valence-electron chi connectivity index (χ0n) is 16.6. The van der Waals surface area contributed by atoms with E-state index < -0.39 is 12.0 Å². The Morgan fingerprint density at radius 3 is 2.55 bits per heavy atom. The van der Waals surface area contributed by atoms with Gasteiger partial charge in [-0.1, -0.05) is 0 Å². The van der Waals surface area contributed by atoms with Gasteiger partial charge in [0.15, 0.2) is 0 Å². The van der Waals surface area contributed by atoms with Crippen molar-refractivity contribution in [3.05, 3.63) is 24.3 Å². The van der Waals surface area contributed by atoms with E-state index in [1.54, 1.807) is 13.1 Å². The van der Waals surface area contributed by atoms with E-state index in [0.29, 0.717) is 25.0 Å². The predicted molar refractivity (Wildman–Crippen MR) is 107 cm³/mol. The van der Waals surface area contributed by atoms with E-state index in [1.165, 1.54) is 0 Å². The van der Waals surface area contributed by atoms with Crippen molar-refractivity contribution in [2.75, 3.05) is 13.1 Å². The van der Waals surface area contributed by atoms with Crippen LogP contribution in [0.5, 0.6) is 0 Å². The molecule has 3 aromatic rings. The maximum absolute atomic E-state index is 13.5. The molecule has 1 atom stereocenters. The van der Waals surface area contributed by atoms with Crippen molar-refractivity contribution in [3.8, 4) is 0 Å². The smallest absolute Gasteiger partial charge is 0.250 e. The zero-order chi connectivity index (χ0) is 20.2. The van der Waals surface area contributed by atoms with Crippen LogP contribution in [0.15, 0.2) is 18.5 Å². The molecule has 3 aromatic heterocycles.